The van der Waals surface area contributed by atoms with Crippen LogP contribution in [0.4, 0.5) is 0 Å². The van der Waals surface area contributed by atoms with Gasteiger partial charge in [0, 0.05) is 35.8 Å². The molecule has 1 fully saturated rings. The van der Waals surface area contributed by atoms with Crippen molar-refractivity contribution in [2.75, 3.05) is 25.5 Å². The fourth-order valence-electron chi connectivity index (χ4n) is 3.51. The van der Waals surface area contributed by atoms with E-state index in [1.165, 1.54) is 29.9 Å². The Hall–Kier alpha value is -0.510. The van der Waals surface area contributed by atoms with E-state index < -0.39 is 0 Å². The molecule has 1 saturated heterocycles. The van der Waals surface area contributed by atoms with Gasteiger partial charge in [-0.3, -0.25) is 0 Å². The number of thioether (sulfide) groups is 1. The van der Waals surface area contributed by atoms with Crippen molar-refractivity contribution in [1.82, 2.24) is 5.32 Å². The number of hydrogen-bond acceptors (Lipinski definition) is 3. The molecule has 0 bridgehead atoms. The van der Waals surface area contributed by atoms with Crippen LogP contribution in [0.1, 0.15) is 37.7 Å². The minimum atomic E-state index is 0.624. The van der Waals surface area contributed by atoms with Gasteiger partial charge in [-0.15, -0.1) is 11.8 Å². The summed E-state index contributed by atoms with van der Waals surface area (Å²) in [6, 6.07) is 9.58. The van der Waals surface area contributed by atoms with Crippen LogP contribution in [0.15, 0.2) is 29.2 Å². The van der Waals surface area contributed by atoms with Crippen molar-refractivity contribution < 1.29 is 4.74 Å². The Balaban J connectivity index is 1.70. The molecule has 2 heterocycles. The van der Waals surface area contributed by atoms with Gasteiger partial charge in [-0.1, -0.05) is 25.1 Å². The number of likely N-dealkylation sites (N-methyl/N-ethyl adjacent to an activating group) is 1. The lowest BCUT2D eigenvalue weighted by Crippen LogP contribution is -2.37. The second kappa shape index (κ2) is 6.97. The van der Waals surface area contributed by atoms with Crippen LogP contribution in [0.25, 0.3) is 0 Å². The molecule has 0 saturated carbocycles. The Bertz CT molecular complexity index is 431. The standard InChI is InChI=1S/C17H25NOS/c1-2-18-16(11-13-7-9-19-10-8-13)15-12-20-17-6-4-3-5-14(15)17/h3-6,13,15-16,18H,2,7-12H2,1H3. The van der Waals surface area contributed by atoms with E-state index in [2.05, 4.69) is 36.5 Å². The summed E-state index contributed by atoms with van der Waals surface area (Å²) in [6.45, 7) is 5.21. The molecule has 1 aromatic rings. The van der Waals surface area contributed by atoms with Gasteiger partial charge >= 0.3 is 0 Å². The van der Waals surface area contributed by atoms with Crippen LogP contribution in [0, 0.1) is 5.92 Å². The molecule has 20 heavy (non-hydrogen) atoms. The Morgan fingerprint density at radius 2 is 2.10 bits per heavy atom. The van der Waals surface area contributed by atoms with Crippen LogP contribution in [0.5, 0.6) is 0 Å². The van der Waals surface area contributed by atoms with E-state index >= 15 is 0 Å². The number of nitrogens with one attached hydrogen (secondary N) is 1. The highest BCUT2D eigenvalue weighted by atomic mass is 32.2. The molecule has 0 aromatic heterocycles. The molecule has 0 spiro atoms. The predicted molar refractivity (Wildman–Crippen MR) is 85.5 cm³/mol. The fraction of sp³-hybridized carbons (Fsp3) is 0.647. The lowest BCUT2D eigenvalue weighted by atomic mass is 9.84. The maximum absolute atomic E-state index is 5.50. The largest absolute Gasteiger partial charge is 0.381 e. The number of rotatable bonds is 5. The molecule has 3 rings (SSSR count). The van der Waals surface area contributed by atoms with Crippen LogP contribution < -0.4 is 5.32 Å². The van der Waals surface area contributed by atoms with Crippen LogP contribution in [-0.4, -0.2) is 31.6 Å². The third kappa shape index (κ3) is 3.21. The Morgan fingerprint density at radius 1 is 1.30 bits per heavy atom. The third-order valence-electron chi connectivity index (χ3n) is 4.62. The summed E-state index contributed by atoms with van der Waals surface area (Å²) in [6.07, 6.45) is 3.78. The van der Waals surface area contributed by atoms with Gasteiger partial charge in [-0.05, 0) is 43.4 Å². The zero-order chi connectivity index (χ0) is 13.8. The molecule has 0 amide bonds. The quantitative estimate of drug-likeness (QED) is 0.894. The van der Waals surface area contributed by atoms with Crippen molar-refractivity contribution in [1.29, 1.82) is 0 Å². The smallest absolute Gasteiger partial charge is 0.0468 e. The molecule has 2 aliphatic heterocycles. The topological polar surface area (TPSA) is 21.3 Å². The summed E-state index contributed by atoms with van der Waals surface area (Å²) in [5.74, 6) is 2.75. The normalized spacial score (nSPS) is 24.6. The van der Waals surface area contributed by atoms with E-state index in [0.717, 1.165) is 25.7 Å². The fourth-order valence-corrected chi connectivity index (χ4v) is 4.85. The Morgan fingerprint density at radius 3 is 2.90 bits per heavy atom. The Labute approximate surface area is 126 Å². The highest BCUT2D eigenvalue weighted by molar-refractivity contribution is 7.99. The van der Waals surface area contributed by atoms with Crippen LogP contribution in [-0.2, 0) is 4.74 Å². The second-order valence-electron chi connectivity index (χ2n) is 5.91. The van der Waals surface area contributed by atoms with Gasteiger partial charge in [0.1, 0.15) is 0 Å². The predicted octanol–water partition coefficient (Wildman–Crippen LogP) is 3.67. The molecule has 2 aliphatic rings. The number of ether oxygens (including phenoxy) is 1. The van der Waals surface area contributed by atoms with Gasteiger partial charge in [0.25, 0.3) is 0 Å². The lowest BCUT2D eigenvalue weighted by Gasteiger charge is -2.31. The highest BCUT2D eigenvalue weighted by Gasteiger charge is 2.31. The van der Waals surface area contributed by atoms with Gasteiger partial charge in [-0.2, -0.15) is 0 Å². The first kappa shape index (κ1) is 14.4. The van der Waals surface area contributed by atoms with Gasteiger partial charge in [0.2, 0.25) is 0 Å². The maximum Gasteiger partial charge on any atom is 0.0468 e. The average Bonchev–Trinajstić information content (AvgIpc) is 2.92. The van der Waals surface area contributed by atoms with E-state index in [1.807, 2.05) is 11.8 Å². The van der Waals surface area contributed by atoms with Crippen molar-refractivity contribution in [2.45, 2.75) is 43.0 Å². The first-order chi connectivity index (χ1) is 9.88. The molecule has 3 heteroatoms. The summed E-state index contributed by atoms with van der Waals surface area (Å²) >= 11 is 2.03. The van der Waals surface area contributed by atoms with Crippen molar-refractivity contribution >= 4 is 11.8 Å². The van der Waals surface area contributed by atoms with Crippen molar-refractivity contribution in [2.24, 2.45) is 5.92 Å². The molecule has 2 nitrogen and oxygen atoms in total. The first-order valence-electron chi connectivity index (χ1n) is 7.91. The summed E-state index contributed by atoms with van der Waals surface area (Å²) in [4.78, 5) is 1.49. The van der Waals surface area contributed by atoms with Crippen molar-refractivity contribution in [3.63, 3.8) is 0 Å². The van der Waals surface area contributed by atoms with Crippen molar-refractivity contribution in [3.05, 3.63) is 29.8 Å². The minimum absolute atomic E-state index is 0.624. The molecule has 2 atom stereocenters. The number of hydrogen-bond donors (Lipinski definition) is 1. The lowest BCUT2D eigenvalue weighted by molar-refractivity contribution is 0.0598. The average molecular weight is 291 g/mol. The molecular formula is C17H25NOS. The van der Waals surface area contributed by atoms with Gasteiger partial charge in [0.15, 0.2) is 0 Å². The zero-order valence-corrected chi connectivity index (χ0v) is 13.1. The summed E-state index contributed by atoms with van der Waals surface area (Å²) in [5, 5.41) is 3.76. The molecule has 2 unspecified atom stereocenters. The maximum atomic E-state index is 5.50. The van der Waals surface area contributed by atoms with Crippen LogP contribution >= 0.6 is 11.8 Å². The summed E-state index contributed by atoms with van der Waals surface area (Å²) in [5.41, 5.74) is 1.57. The Kier molecular flexibility index (Phi) is 5.03. The molecule has 1 aromatic carbocycles. The number of benzene rings is 1. The molecule has 1 N–H and O–H groups in total. The SMILES string of the molecule is CCNC(CC1CCOCC1)C1CSc2ccccc21. The number of fused-ring (bicyclic) bond motifs is 1. The van der Waals surface area contributed by atoms with Crippen LogP contribution in [0.3, 0.4) is 0 Å². The first-order valence-corrected chi connectivity index (χ1v) is 8.90. The second-order valence-corrected chi connectivity index (χ2v) is 6.97. The highest BCUT2D eigenvalue weighted by Crippen LogP contribution is 2.42. The van der Waals surface area contributed by atoms with E-state index in [1.54, 1.807) is 5.56 Å². The molecule has 110 valence electrons. The summed E-state index contributed by atoms with van der Waals surface area (Å²) < 4.78 is 5.50. The molecular weight excluding hydrogens is 266 g/mol. The third-order valence-corrected chi connectivity index (χ3v) is 5.83. The van der Waals surface area contributed by atoms with E-state index in [0.29, 0.717) is 12.0 Å². The van der Waals surface area contributed by atoms with E-state index in [9.17, 15) is 0 Å². The van der Waals surface area contributed by atoms with Gasteiger partial charge in [0.05, 0.1) is 0 Å². The van der Waals surface area contributed by atoms with Crippen LogP contribution in [0.2, 0.25) is 0 Å². The monoisotopic (exact) mass is 291 g/mol. The van der Waals surface area contributed by atoms with E-state index in [-0.39, 0.29) is 0 Å². The minimum Gasteiger partial charge on any atom is -0.381 e. The molecule has 0 aliphatic carbocycles. The van der Waals surface area contributed by atoms with Gasteiger partial charge < -0.3 is 10.1 Å². The summed E-state index contributed by atoms with van der Waals surface area (Å²) in [7, 11) is 0. The molecule has 0 radical (unpaired) electrons. The van der Waals surface area contributed by atoms with E-state index in [4.69, 9.17) is 4.74 Å². The van der Waals surface area contributed by atoms with Gasteiger partial charge in [-0.25, -0.2) is 0 Å². The van der Waals surface area contributed by atoms with Crippen molar-refractivity contribution in [3.8, 4) is 0 Å². The zero-order valence-electron chi connectivity index (χ0n) is 12.3.